The van der Waals surface area contributed by atoms with Crippen LogP contribution in [0.1, 0.15) is 53.3 Å². The van der Waals surface area contributed by atoms with E-state index in [9.17, 15) is 22.8 Å². The van der Waals surface area contributed by atoms with E-state index >= 15 is 0 Å². The second-order valence-electron chi connectivity index (χ2n) is 10.0. The molecule has 2 aliphatic heterocycles. The van der Waals surface area contributed by atoms with E-state index in [1.54, 1.807) is 0 Å². The van der Waals surface area contributed by atoms with Gasteiger partial charge in [-0.15, -0.1) is 0 Å². The van der Waals surface area contributed by atoms with Crippen molar-refractivity contribution in [3.8, 4) is 0 Å². The van der Waals surface area contributed by atoms with Crippen molar-refractivity contribution in [3.05, 3.63) is 59.7 Å². The molecule has 3 atom stereocenters. The Labute approximate surface area is 212 Å². The van der Waals surface area contributed by atoms with E-state index in [4.69, 9.17) is 4.74 Å². The minimum atomic E-state index is -4.92. The summed E-state index contributed by atoms with van der Waals surface area (Å²) in [5.41, 5.74) is 1.26. The van der Waals surface area contributed by atoms with Crippen LogP contribution in [0.5, 0.6) is 0 Å². The summed E-state index contributed by atoms with van der Waals surface area (Å²) < 4.78 is 51.5. The maximum atomic E-state index is 13.6. The number of benzene rings is 1. The van der Waals surface area contributed by atoms with Gasteiger partial charge in [-0.05, 0) is 31.2 Å². The number of carbonyl (C=O) groups is 2. The van der Waals surface area contributed by atoms with Crippen LogP contribution in [0.25, 0.3) is 0 Å². The van der Waals surface area contributed by atoms with Gasteiger partial charge in [-0.1, -0.05) is 30.3 Å². The second kappa shape index (κ2) is 10.0. The third kappa shape index (κ3) is 5.47. The molecule has 0 N–H and O–H groups in total. The van der Waals surface area contributed by atoms with Gasteiger partial charge in [0.1, 0.15) is 0 Å². The molecule has 1 aromatic heterocycles. The topological polar surface area (TPSA) is 84.9 Å². The van der Waals surface area contributed by atoms with Crippen molar-refractivity contribution in [3.63, 3.8) is 0 Å². The van der Waals surface area contributed by atoms with Crippen molar-refractivity contribution in [2.45, 2.75) is 62.0 Å². The smallest absolute Gasteiger partial charge is 0.464 e. The minimum Gasteiger partial charge on any atom is -0.464 e. The number of hydrogen-bond donors (Lipinski definition) is 0. The second-order valence-corrected chi connectivity index (χ2v) is 10.0. The van der Waals surface area contributed by atoms with E-state index < -0.39 is 35.7 Å². The highest BCUT2D eigenvalue weighted by Gasteiger charge is 2.57. The summed E-state index contributed by atoms with van der Waals surface area (Å²) in [6.07, 6.45) is 0.221. The largest absolute Gasteiger partial charge is 0.471 e. The molecule has 3 fully saturated rings. The first-order chi connectivity index (χ1) is 17.7. The van der Waals surface area contributed by atoms with Crippen molar-refractivity contribution in [1.29, 1.82) is 0 Å². The predicted molar refractivity (Wildman–Crippen MR) is 125 cm³/mol. The Kier molecular flexibility index (Phi) is 6.93. The number of nitrogens with zero attached hydrogens (tertiary/aromatic N) is 4. The highest BCUT2D eigenvalue weighted by Crippen LogP contribution is 2.49. The van der Waals surface area contributed by atoms with E-state index in [2.05, 4.69) is 19.6 Å². The monoisotopic (exact) mass is 518 g/mol. The maximum Gasteiger partial charge on any atom is 0.471 e. The van der Waals surface area contributed by atoms with Gasteiger partial charge in [-0.25, -0.2) is 9.78 Å². The molecule has 2 aromatic rings. The lowest BCUT2D eigenvalue weighted by molar-refractivity contribution is -0.188. The fraction of sp³-hybridized carbons (Fsp3) is 0.538. The lowest BCUT2D eigenvalue weighted by Gasteiger charge is -2.39. The van der Waals surface area contributed by atoms with E-state index in [0.717, 1.165) is 10.5 Å². The number of likely N-dealkylation sites (tertiary alicyclic amines) is 1. The number of alkyl halides is 3. The van der Waals surface area contributed by atoms with Crippen molar-refractivity contribution >= 4 is 11.9 Å². The molecule has 1 aromatic carbocycles. The molecule has 0 bridgehead atoms. The third-order valence-electron chi connectivity index (χ3n) is 7.65. The van der Waals surface area contributed by atoms with Crippen LogP contribution in [0.4, 0.5) is 13.2 Å². The molecule has 8 nitrogen and oxygen atoms in total. The maximum absolute atomic E-state index is 13.6. The molecule has 1 saturated carbocycles. The highest BCUT2D eigenvalue weighted by atomic mass is 19.4. The average Bonchev–Trinajstić information content (AvgIpc) is 3.58. The molecule has 3 heterocycles. The zero-order chi connectivity index (χ0) is 26.2. The summed E-state index contributed by atoms with van der Waals surface area (Å²) in [4.78, 5) is 35.7. The Hall–Kier alpha value is -3.05. The Morgan fingerprint density at radius 3 is 2.51 bits per heavy atom. The van der Waals surface area contributed by atoms with Crippen LogP contribution in [0.2, 0.25) is 0 Å². The number of aromatic nitrogens is 2. The summed E-state index contributed by atoms with van der Waals surface area (Å²) in [5.74, 6) is -2.41. The lowest BCUT2D eigenvalue weighted by Crippen LogP contribution is -2.50. The van der Waals surface area contributed by atoms with Crippen LogP contribution >= 0.6 is 0 Å². The summed E-state index contributed by atoms with van der Waals surface area (Å²) >= 11 is 0. The summed E-state index contributed by atoms with van der Waals surface area (Å²) in [6.45, 7) is 2.00. The van der Waals surface area contributed by atoms with Crippen LogP contribution < -0.4 is 0 Å². The van der Waals surface area contributed by atoms with Gasteiger partial charge in [0.2, 0.25) is 0 Å². The SMILES string of the molecule is COC(=O)c1cnc(CN2CCC3(CC2)CC(N(C(=O)C(F)(F)F)[C@@H]2C[C@H]2c2ccccc2)CO3)cn1. The number of carbonyl (C=O) groups excluding carboxylic acids is 2. The fourth-order valence-corrected chi connectivity index (χ4v) is 5.62. The van der Waals surface area contributed by atoms with Gasteiger partial charge in [-0.3, -0.25) is 14.7 Å². The number of methoxy groups -OCH3 is 1. The molecule has 1 unspecified atom stereocenters. The number of ether oxygens (including phenoxy) is 2. The molecule has 1 amide bonds. The first-order valence-electron chi connectivity index (χ1n) is 12.4. The molecule has 37 heavy (non-hydrogen) atoms. The number of halogens is 3. The van der Waals surface area contributed by atoms with Gasteiger partial charge < -0.3 is 14.4 Å². The fourth-order valence-electron chi connectivity index (χ4n) is 5.62. The van der Waals surface area contributed by atoms with Crippen LogP contribution in [0.15, 0.2) is 42.7 Å². The predicted octanol–water partition coefficient (Wildman–Crippen LogP) is 3.33. The molecular formula is C26H29F3N4O4. The van der Waals surface area contributed by atoms with Crippen LogP contribution in [0.3, 0.4) is 0 Å². The van der Waals surface area contributed by atoms with E-state index in [1.807, 2.05) is 30.3 Å². The number of rotatable bonds is 6. The first-order valence-corrected chi connectivity index (χ1v) is 12.4. The summed E-state index contributed by atoms with van der Waals surface area (Å²) in [6, 6.07) is 8.32. The summed E-state index contributed by atoms with van der Waals surface area (Å²) in [5, 5.41) is 0. The van der Waals surface area contributed by atoms with Crippen LogP contribution in [-0.4, -0.2) is 82.3 Å². The average molecular weight is 519 g/mol. The molecule has 0 radical (unpaired) electrons. The number of amides is 1. The van der Waals surface area contributed by atoms with Crippen LogP contribution in [0, 0.1) is 0 Å². The third-order valence-corrected chi connectivity index (χ3v) is 7.65. The van der Waals surface area contributed by atoms with Gasteiger partial charge in [0.15, 0.2) is 5.69 Å². The lowest BCUT2D eigenvalue weighted by atomic mass is 9.87. The Balaban J connectivity index is 1.21. The molecule has 198 valence electrons. The highest BCUT2D eigenvalue weighted by molar-refractivity contribution is 5.86. The quantitative estimate of drug-likeness (QED) is 0.543. The van der Waals surface area contributed by atoms with Gasteiger partial charge in [0.25, 0.3) is 0 Å². The Morgan fingerprint density at radius 2 is 1.89 bits per heavy atom. The van der Waals surface area contributed by atoms with E-state index in [1.165, 1.54) is 19.5 Å². The van der Waals surface area contributed by atoms with E-state index in [-0.39, 0.29) is 18.2 Å². The van der Waals surface area contributed by atoms with Crippen molar-refractivity contribution in [2.75, 3.05) is 26.8 Å². The molecule has 11 heteroatoms. The van der Waals surface area contributed by atoms with E-state index in [0.29, 0.717) is 51.0 Å². The van der Waals surface area contributed by atoms with Crippen LogP contribution in [-0.2, 0) is 20.8 Å². The molecule has 1 spiro atoms. The standard InChI is InChI=1S/C26H29F3N4O4/c1-36-23(34)21-14-30-18(13-31-21)15-32-9-7-25(8-10-32)12-19(16-37-25)33(24(35)26(27,28)29)22-11-20(22)17-5-3-2-4-6-17/h2-6,13-14,19-20,22H,7-12,15-16H2,1H3/t19?,20-,22+/m0/s1. The van der Waals surface area contributed by atoms with Crippen molar-refractivity contribution in [2.24, 2.45) is 0 Å². The summed E-state index contributed by atoms with van der Waals surface area (Å²) in [7, 11) is 1.28. The van der Waals surface area contributed by atoms with Gasteiger partial charge in [0, 0.05) is 31.6 Å². The number of hydrogen-bond acceptors (Lipinski definition) is 7. The molecule has 1 aliphatic carbocycles. The normalized spacial score (nSPS) is 25.1. The van der Waals surface area contributed by atoms with Gasteiger partial charge in [-0.2, -0.15) is 13.2 Å². The van der Waals surface area contributed by atoms with Crippen molar-refractivity contribution < 1.29 is 32.2 Å². The molecule has 5 rings (SSSR count). The van der Waals surface area contributed by atoms with Gasteiger partial charge in [0.05, 0.1) is 43.4 Å². The Bertz CT molecular complexity index is 1120. The number of esters is 1. The van der Waals surface area contributed by atoms with Crippen molar-refractivity contribution in [1.82, 2.24) is 19.8 Å². The zero-order valence-corrected chi connectivity index (χ0v) is 20.5. The Morgan fingerprint density at radius 1 is 1.16 bits per heavy atom. The zero-order valence-electron chi connectivity index (χ0n) is 20.5. The number of piperidine rings is 1. The molecule has 2 saturated heterocycles. The molecular weight excluding hydrogens is 489 g/mol. The minimum absolute atomic E-state index is 0.0856. The first kappa shape index (κ1) is 25.6. The van der Waals surface area contributed by atoms with Gasteiger partial charge >= 0.3 is 18.1 Å². The molecule has 3 aliphatic rings.